The molecule has 0 unspecified atom stereocenters. The van der Waals surface area contributed by atoms with Gasteiger partial charge in [-0.25, -0.2) is 0 Å². The molecule has 2 N–H and O–H groups in total. The van der Waals surface area contributed by atoms with Crippen molar-refractivity contribution in [2.45, 2.75) is 0 Å². The van der Waals surface area contributed by atoms with E-state index in [0.717, 1.165) is 0 Å². The number of hydrogen-bond donors (Lipinski definition) is 0. The molecule has 1 aromatic rings. The molecule has 0 aliphatic rings. The number of nitrogens with zero attached hydrogens (tertiary/aromatic N) is 1. The Balaban J connectivity index is 0. The van der Waals surface area contributed by atoms with Gasteiger partial charge < -0.3 is 5.48 Å². The first-order valence-electron chi connectivity index (χ1n) is 1.85. The summed E-state index contributed by atoms with van der Waals surface area (Å²) in [4.78, 5) is 3.78. The van der Waals surface area contributed by atoms with Crippen molar-refractivity contribution in [3.8, 4) is 0 Å². The van der Waals surface area contributed by atoms with E-state index in [2.05, 4.69) is 4.98 Å². The third-order valence-electron chi connectivity index (χ3n) is 0.566. The van der Waals surface area contributed by atoms with Crippen LogP contribution in [0.2, 0.25) is 0 Å². The normalized spacial score (nSPS) is 6.00. The second-order valence-corrected chi connectivity index (χ2v) is 1.02. The molecule has 0 saturated heterocycles. The van der Waals surface area contributed by atoms with Gasteiger partial charge in [-0.2, -0.15) is 0 Å². The summed E-state index contributed by atoms with van der Waals surface area (Å²) in [7, 11) is 0. The van der Waals surface area contributed by atoms with Crippen LogP contribution in [0.1, 0.15) is 0 Å². The second kappa shape index (κ2) is 6.85. The first-order valence-corrected chi connectivity index (χ1v) is 1.85. The Morgan fingerprint density at radius 2 is 1.38 bits per heavy atom. The van der Waals surface area contributed by atoms with Gasteiger partial charge in [0.05, 0.1) is 0 Å². The molecule has 8 heavy (non-hydrogen) atoms. The summed E-state index contributed by atoms with van der Waals surface area (Å²) in [6.07, 6.45) is 3.50. The molecule has 0 aromatic carbocycles. The third kappa shape index (κ3) is 4.02. The van der Waals surface area contributed by atoms with Crippen LogP contribution < -0.4 is 0 Å². The van der Waals surface area contributed by atoms with Gasteiger partial charge in [0.15, 0.2) is 0 Å². The molecule has 1 aromatic heterocycles. The summed E-state index contributed by atoms with van der Waals surface area (Å²) in [6, 6.07) is 5.72. The van der Waals surface area contributed by atoms with E-state index < -0.39 is 0 Å². The van der Waals surface area contributed by atoms with Crippen LogP contribution in [0.3, 0.4) is 0 Å². The molecule has 0 spiro atoms. The van der Waals surface area contributed by atoms with Crippen molar-refractivity contribution in [3.05, 3.63) is 30.6 Å². The van der Waals surface area contributed by atoms with Gasteiger partial charge in [-0.1, -0.05) is 6.07 Å². The topological polar surface area (TPSA) is 44.4 Å². The monoisotopic (exact) mass is 204 g/mol. The largest absolute Gasteiger partial charge is 0.412 e. The molecule has 1 radical (unpaired) electrons. The number of aromatic nitrogens is 1. The van der Waals surface area contributed by atoms with Crippen molar-refractivity contribution in [1.29, 1.82) is 0 Å². The van der Waals surface area contributed by atoms with Crippen LogP contribution in [-0.2, 0) is 22.4 Å². The third-order valence-corrected chi connectivity index (χ3v) is 0.566. The van der Waals surface area contributed by atoms with Gasteiger partial charge in [-0.15, -0.1) is 0 Å². The van der Waals surface area contributed by atoms with Crippen LogP contribution in [0.5, 0.6) is 0 Å². The minimum absolute atomic E-state index is 0. The van der Waals surface area contributed by atoms with Gasteiger partial charge in [-0.3, -0.25) is 4.98 Å². The van der Waals surface area contributed by atoms with E-state index in [1.54, 1.807) is 12.4 Å². The van der Waals surface area contributed by atoms with E-state index >= 15 is 0 Å². The zero-order valence-corrected chi connectivity index (χ0v) is 5.62. The maximum absolute atomic E-state index is 3.78. The van der Waals surface area contributed by atoms with Crippen LogP contribution in [0.4, 0.5) is 0 Å². The standard InChI is InChI=1S/C5H5N.Ag.H2O/c1-2-4-6-5-3-1;;/h1-5H;;1H2. The zero-order chi connectivity index (χ0) is 4.24. The van der Waals surface area contributed by atoms with Gasteiger partial charge in [0.2, 0.25) is 0 Å². The van der Waals surface area contributed by atoms with Gasteiger partial charge >= 0.3 is 0 Å². The van der Waals surface area contributed by atoms with Crippen molar-refractivity contribution >= 4 is 0 Å². The molecule has 49 valence electrons. The minimum Gasteiger partial charge on any atom is -0.412 e. The van der Waals surface area contributed by atoms with Gasteiger partial charge in [-0.05, 0) is 12.1 Å². The Hall–Kier alpha value is -0.150. The second-order valence-electron chi connectivity index (χ2n) is 1.02. The number of pyridine rings is 1. The van der Waals surface area contributed by atoms with Crippen LogP contribution in [0.25, 0.3) is 0 Å². The van der Waals surface area contributed by atoms with Crippen LogP contribution in [-0.4, -0.2) is 10.5 Å². The summed E-state index contributed by atoms with van der Waals surface area (Å²) in [5.41, 5.74) is 0. The molecule has 0 saturated carbocycles. The van der Waals surface area contributed by atoms with Crippen LogP contribution >= 0.6 is 0 Å². The maximum atomic E-state index is 3.78. The Kier molecular flexibility index (Phi) is 9.22. The van der Waals surface area contributed by atoms with E-state index in [-0.39, 0.29) is 27.9 Å². The molecule has 1 rings (SSSR count). The summed E-state index contributed by atoms with van der Waals surface area (Å²) in [6.45, 7) is 0. The van der Waals surface area contributed by atoms with Gasteiger partial charge in [0, 0.05) is 34.8 Å². The molecular formula is C5H7AgNO. The van der Waals surface area contributed by atoms with E-state index in [4.69, 9.17) is 0 Å². The fourth-order valence-corrected chi connectivity index (χ4v) is 0.313. The molecule has 0 amide bonds. The summed E-state index contributed by atoms with van der Waals surface area (Å²) in [5, 5.41) is 0. The molecule has 0 aliphatic carbocycles. The predicted octanol–water partition coefficient (Wildman–Crippen LogP) is 0.254. The molecule has 3 heteroatoms. The van der Waals surface area contributed by atoms with Crippen molar-refractivity contribution in [2.75, 3.05) is 0 Å². The Morgan fingerprint density at radius 1 is 0.875 bits per heavy atom. The Labute approximate surface area is 63.8 Å². The number of rotatable bonds is 0. The van der Waals surface area contributed by atoms with Crippen molar-refractivity contribution in [2.24, 2.45) is 0 Å². The molecule has 0 atom stereocenters. The Bertz CT molecular complexity index is 84.4. The molecule has 1 heterocycles. The zero-order valence-electron chi connectivity index (χ0n) is 4.14. The summed E-state index contributed by atoms with van der Waals surface area (Å²) >= 11 is 0. The van der Waals surface area contributed by atoms with E-state index in [9.17, 15) is 0 Å². The molecule has 2 nitrogen and oxygen atoms in total. The first kappa shape index (κ1) is 10.8. The molecule has 0 bridgehead atoms. The van der Waals surface area contributed by atoms with E-state index in [1.807, 2.05) is 18.2 Å². The smallest absolute Gasteiger partial charge is 0.0267 e. The fourth-order valence-electron chi connectivity index (χ4n) is 0.313. The summed E-state index contributed by atoms with van der Waals surface area (Å²) in [5.74, 6) is 0. The predicted molar refractivity (Wildman–Crippen MR) is 27.9 cm³/mol. The quantitative estimate of drug-likeness (QED) is 0.560. The van der Waals surface area contributed by atoms with E-state index in [1.165, 1.54) is 0 Å². The Morgan fingerprint density at radius 3 is 1.50 bits per heavy atom. The van der Waals surface area contributed by atoms with Crippen LogP contribution in [0, 0.1) is 0 Å². The van der Waals surface area contributed by atoms with Crippen molar-refractivity contribution in [3.63, 3.8) is 0 Å². The SMILES string of the molecule is O.[Ag].c1ccncc1. The molecular weight excluding hydrogens is 198 g/mol. The molecule has 0 aliphatic heterocycles. The average molecular weight is 205 g/mol. The minimum atomic E-state index is 0. The van der Waals surface area contributed by atoms with Gasteiger partial charge in [0.25, 0.3) is 0 Å². The maximum Gasteiger partial charge on any atom is 0.0267 e. The number of hydrogen-bond acceptors (Lipinski definition) is 1. The van der Waals surface area contributed by atoms with Crippen LogP contribution in [0.15, 0.2) is 30.6 Å². The van der Waals surface area contributed by atoms with Gasteiger partial charge in [0.1, 0.15) is 0 Å². The van der Waals surface area contributed by atoms with Crippen molar-refractivity contribution < 1.29 is 27.9 Å². The van der Waals surface area contributed by atoms with Crippen molar-refractivity contribution in [1.82, 2.24) is 4.98 Å². The van der Waals surface area contributed by atoms with E-state index in [0.29, 0.717) is 0 Å². The fraction of sp³-hybridized carbons (Fsp3) is 0. The molecule has 0 fully saturated rings. The first-order chi connectivity index (χ1) is 3.00. The average Bonchev–Trinajstić information content (AvgIpc) is 1.72. The summed E-state index contributed by atoms with van der Waals surface area (Å²) < 4.78 is 0.